The average Bonchev–Trinajstić information content (AvgIpc) is 3.43. The highest BCUT2D eigenvalue weighted by atomic mass is 35.5. The Morgan fingerprint density at radius 1 is 0.500 bits per heavy atom. The molecule has 78 heavy (non-hydrogen) atoms. The lowest BCUT2D eigenvalue weighted by Gasteiger charge is -2.24. The van der Waals surface area contributed by atoms with Gasteiger partial charge >= 0.3 is 0 Å². The number of halogens is 2. The SMILES string of the molecule is C.CCOc1ccc([C@@H]2Oc3c(Cl)cc(Cl)cc3C=C2[N+](C)=O)cc1OCC.CCOc1ccc([C@@H]2Oc3ccc(C)cc3C=C2[N+](=O)[O-])cc1OC.CCOc1ccc([C@@H]2Oc3ccccc3C=C2[N+](C)=O)cc1OCC. The maximum Gasteiger partial charge on any atom is 0.291 e. The third-order valence-corrected chi connectivity index (χ3v) is 12.5. The van der Waals surface area contributed by atoms with Gasteiger partial charge in [-0.15, -0.1) is 0 Å². The minimum absolute atomic E-state index is 0. The summed E-state index contributed by atoms with van der Waals surface area (Å²) in [5.41, 5.74) is 6.49. The molecule has 0 radical (unpaired) electrons. The highest BCUT2D eigenvalue weighted by Crippen LogP contribution is 2.46. The van der Waals surface area contributed by atoms with Gasteiger partial charge in [0.05, 0.1) is 50.1 Å². The molecule has 0 N–H and O–H groups in total. The normalized spacial score (nSPS) is 15.4. The maximum absolute atomic E-state index is 12.2. The Kier molecular flexibility index (Phi) is 20.7. The smallest absolute Gasteiger partial charge is 0.291 e. The Morgan fingerprint density at radius 3 is 1.44 bits per heavy atom. The Balaban J connectivity index is 0.000000188. The topological polar surface area (TPSA) is 166 Å². The van der Waals surface area contributed by atoms with E-state index in [-0.39, 0.29) is 13.1 Å². The number of nitroso groups, excluding NO2 is 2. The van der Waals surface area contributed by atoms with Gasteiger partial charge in [-0.1, -0.05) is 78.7 Å². The Bertz CT molecular complexity index is 3250. The van der Waals surface area contributed by atoms with Gasteiger partial charge in [0, 0.05) is 76.0 Å². The van der Waals surface area contributed by atoms with Crippen molar-refractivity contribution in [1.29, 1.82) is 0 Å². The first-order valence-electron chi connectivity index (χ1n) is 25.0. The summed E-state index contributed by atoms with van der Waals surface area (Å²) in [6.07, 6.45) is 3.24. The van der Waals surface area contributed by atoms with Crippen LogP contribution in [0.1, 0.15) is 99.3 Å². The molecular formula is C60H65Cl2N3O13+2. The predicted octanol–water partition coefficient (Wildman–Crippen LogP) is 14.8. The van der Waals surface area contributed by atoms with Crippen molar-refractivity contribution in [3.63, 3.8) is 0 Å². The van der Waals surface area contributed by atoms with E-state index in [4.69, 9.17) is 65.8 Å². The fourth-order valence-corrected chi connectivity index (χ4v) is 9.18. The molecule has 0 bridgehead atoms. The monoisotopic (exact) mass is 1110 g/mol. The molecule has 0 saturated heterocycles. The summed E-state index contributed by atoms with van der Waals surface area (Å²) in [5.74, 6) is 5.55. The summed E-state index contributed by atoms with van der Waals surface area (Å²) in [7, 11) is 4.44. The highest BCUT2D eigenvalue weighted by Gasteiger charge is 2.37. The van der Waals surface area contributed by atoms with Gasteiger partial charge in [0.25, 0.3) is 17.1 Å². The summed E-state index contributed by atoms with van der Waals surface area (Å²) in [6, 6.07) is 33.0. The van der Waals surface area contributed by atoms with Crippen LogP contribution in [0, 0.1) is 26.9 Å². The van der Waals surface area contributed by atoms with Crippen LogP contribution in [0.3, 0.4) is 0 Å². The van der Waals surface area contributed by atoms with Gasteiger partial charge in [0.1, 0.15) is 17.2 Å². The van der Waals surface area contributed by atoms with Crippen LogP contribution in [0.5, 0.6) is 51.7 Å². The zero-order chi connectivity index (χ0) is 55.3. The first kappa shape index (κ1) is 59.2. The van der Waals surface area contributed by atoms with E-state index >= 15 is 0 Å². The summed E-state index contributed by atoms with van der Waals surface area (Å²) >= 11 is 12.4. The number of benzene rings is 6. The minimum Gasteiger partial charge on any atom is -0.493 e. The van der Waals surface area contributed by atoms with Gasteiger partial charge in [0.15, 0.2) is 48.6 Å². The van der Waals surface area contributed by atoms with Crippen LogP contribution >= 0.6 is 23.2 Å². The van der Waals surface area contributed by atoms with Crippen LogP contribution in [0.15, 0.2) is 126 Å². The van der Waals surface area contributed by atoms with E-state index in [1.807, 2.05) is 126 Å². The molecule has 0 saturated carbocycles. The Morgan fingerprint density at radius 2 is 0.936 bits per heavy atom. The van der Waals surface area contributed by atoms with Crippen LogP contribution in [-0.4, -0.2) is 68.7 Å². The molecule has 0 amide bonds. The van der Waals surface area contributed by atoms with Gasteiger partial charge in [-0.05, 0) is 108 Å². The van der Waals surface area contributed by atoms with Crippen LogP contribution < -0.4 is 42.6 Å². The van der Waals surface area contributed by atoms with Gasteiger partial charge in [0.2, 0.25) is 18.3 Å². The second kappa shape index (κ2) is 27.3. The molecule has 0 aromatic heterocycles. The molecule has 0 unspecified atom stereocenters. The number of rotatable bonds is 17. The number of fused-ring (bicyclic) bond motifs is 3. The summed E-state index contributed by atoms with van der Waals surface area (Å²) in [4.78, 5) is 35.4. The number of aryl methyl sites for hydroxylation is 1. The number of hydrogen-bond acceptors (Lipinski definition) is 13. The third kappa shape index (κ3) is 13.9. The van der Waals surface area contributed by atoms with Crippen LogP contribution in [-0.2, 0) is 0 Å². The summed E-state index contributed by atoms with van der Waals surface area (Å²) in [6.45, 7) is 14.1. The van der Waals surface area contributed by atoms with Gasteiger partial charge in [-0.3, -0.25) is 10.1 Å². The molecule has 3 aliphatic rings. The molecule has 6 aromatic rings. The number of ether oxygens (including phenoxy) is 9. The second-order valence-corrected chi connectivity index (χ2v) is 18.2. The molecule has 16 nitrogen and oxygen atoms in total. The van der Waals surface area contributed by atoms with Gasteiger partial charge < -0.3 is 42.6 Å². The third-order valence-electron chi connectivity index (χ3n) is 12.0. The number of nitrogens with zero attached hydrogens (tertiary/aromatic N) is 3. The quantitative estimate of drug-likeness (QED) is 0.0481. The van der Waals surface area contributed by atoms with E-state index < -0.39 is 23.2 Å². The van der Waals surface area contributed by atoms with Crippen molar-refractivity contribution >= 4 is 41.4 Å². The molecule has 3 heterocycles. The van der Waals surface area contributed by atoms with E-state index in [2.05, 4.69) is 0 Å². The van der Waals surface area contributed by atoms with Crippen LogP contribution in [0.25, 0.3) is 18.2 Å². The molecule has 0 spiro atoms. The van der Waals surface area contributed by atoms with E-state index in [1.165, 1.54) is 21.2 Å². The Labute approximate surface area is 464 Å². The van der Waals surface area contributed by atoms with Gasteiger partial charge in [-0.25, -0.2) is 0 Å². The first-order valence-corrected chi connectivity index (χ1v) is 25.8. The van der Waals surface area contributed by atoms with E-state index in [9.17, 15) is 19.9 Å². The van der Waals surface area contributed by atoms with Crippen LogP contribution in [0.2, 0.25) is 10.0 Å². The molecule has 410 valence electrons. The predicted molar refractivity (Wildman–Crippen MR) is 303 cm³/mol. The van der Waals surface area contributed by atoms with Crippen LogP contribution in [0.4, 0.5) is 0 Å². The van der Waals surface area contributed by atoms with Crippen molar-refractivity contribution in [1.82, 2.24) is 0 Å². The zero-order valence-corrected chi connectivity index (χ0v) is 45.8. The molecule has 3 aliphatic heterocycles. The van der Waals surface area contributed by atoms with Crippen molar-refractivity contribution in [3.8, 4) is 51.7 Å². The molecule has 18 heteroatoms. The molecule has 0 aliphatic carbocycles. The molecule has 6 aromatic carbocycles. The molecule has 9 rings (SSSR count). The number of methoxy groups -OCH3 is 1. The van der Waals surface area contributed by atoms with E-state index in [0.717, 1.165) is 37.5 Å². The van der Waals surface area contributed by atoms with Crippen molar-refractivity contribution in [3.05, 3.63) is 195 Å². The zero-order valence-electron chi connectivity index (χ0n) is 44.3. The lowest BCUT2D eigenvalue weighted by atomic mass is 9.99. The minimum atomic E-state index is -0.810. The highest BCUT2D eigenvalue weighted by molar-refractivity contribution is 6.36. The maximum atomic E-state index is 12.2. The summed E-state index contributed by atoms with van der Waals surface area (Å²) < 4.78 is 53.2. The lowest BCUT2D eigenvalue weighted by molar-refractivity contribution is -0.474. The van der Waals surface area contributed by atoms with E-state index in [1.54, 1.807) is 42.5 Å². The number of likely N-dealkylation sites (N-methyl/N-ethyl adjacent to an activating group) is 2. The average molecular weight is 1110 g/mol. The Hall–Kier alpha value is -8.08. The summed E-state index contributed by atoms with van der Waals surface area (Å²) in [5, 5.41) is 12.4. The largest absolute Gasteiger partial charge is 0.493 e. The number of nitro groups is 1. The fraction of sp³-hybridized carbons (Fsp3) is 0.300. The van der Waals surface area contributed by atoms with Gasteiger partial charge in [-0.2, -0.15) is 0 Å². The molecule has 3 atom stereocenters. The molecular weight excluding hydrogens is 1040 g/mol. The standard InChI is InChI=1S/C20H20Cl2NO4.C20H22NO4.C19H19NO5.CH4/c1-4-25-17-7-6-12(10-18(17)26-5-2)20-16(23(3)24)9-13-8-14(21)11-15(22)19(13)27-20;1-4-23-18-11-10-15(13-19(18)24-5-2)20-16(21(3)22)12-14-8-6-7-9-17(14)25-20;1-4-24-17-8-6-13(11-18(17)23-3)19-15(20(21)22)10-14-9-12(2)5-7-16(14)25-19;/h6-11,20H,4-5H2,1-3H3;6-13,20H,4-5H2,1-3H3;5-11,19H,4H2,1-3H3;1H4/q2*+1;;/t2*20-;19-;/m000./s1. The van der Waals surface area contributed by atoms with Crippen molar-refractivity contribution in [2.45, 2.75) is 67.3 Å². The van der Waals surface area contributed by atoms with Crippen molar-refractivity contribution in [2.24, 2.45) is 0 Å². The lowest BCUT2D eigenvalue weighted by Crippen LogP contribution is -2.20. The first-order chi connectivity index (χ1) is 37.1. The second-order valence-electron chi connectivity index (χ2n) is 17.3. The number of para-hydroxylation sites is 1. The molecule has 0 fully saturated rings. The van der Waals surface area contributed by atoms with E-state index in [0.29, 0.717) is 117 Å². The number of hydrogen-bond donors (Lipinski definition) is 0. The fourth-order valence-electron chi connectivity index (χ4n) is 8.63. The van der Waals surface area contributed by atoms with Crippen molar-refractivity contribution < 1.29 is 57.1 Å². The van der Waals surface area contributed by atoms with Crippen molar-refractivity contribution in [2.75, 3.05) is 54.2 Å².